The molecule has 0 radical (unpaired) electrons. The van der Waals surface area contributed by atoms with Crippen LogP contribution in [0.25, 0.3) is 0 Å². The quantitative estimate of drug-likeness (QED) is 0.807. The molecule has 0 saturated carbocycles. The lowest BCUT2D eigenvalue weighted by atomic mass is 10.4. The number of nitrogens with two attached hydrogens (primary N) is 1. The van der Waals surface area contributed by atoms with Gasteiger partial charge in [0.2, 0.25) is 0 Å². The van der Waals surface area contributed by atoms with Gasteiger partial charge in [-0.05, 0) is 0 Å². The van der Waals surface area contributed by atoms with Crippen LogP contribution >= 0.6 is 11.3 Å². The highest BCUT2D eigenvalue weighted by molar-refractivity contribution is 7.15. The Labute approximate surface area is 86.9 Å². The van der Waals surface area contributed by atoms with E-state index < -0.39 is 19.0 Å². The maximum absolute atomic E-state index is 12.3. The first kappa shape index (κ1) is 12.2. The summed E-state index contributed by atoms with van der Waals surface area (Å²) >= 11 is 1.06. The molecule has 0 atom stereocenters. The van der Waals surface area contributed by atoms with Gasteiger partial charge in [0.15, 0.2) is 5.13 Å². The van der Waals surface area contributed by atoms with Crippen LogP contribution in [0.3, 0.4) is 0 Å². The van der Waals surface area contributed by atoms with Gasteiger partial charge in [0, 0.05) is 6.20 Å². The first-order chi connectivity index (χ1) is 6.92. The number of aromatic nitrogens is 1. The third-order valence-electron chi connectivity index (χ3n) is 1.43. The van der Waals surface area contributed by atoms with Crippen LogP contribution in [0, 0.1) is 0 Å². The van der Waals surface area contributed by atoms with E-state index in [-0.39, 0.29) is 11.7 Å². The fraction of sp³-hybridized carbons (Fsp3) is 0.571. The molecule has 0 amide bonds. The number of hydrogen-bond donors (Lipinski definition) is 1. The Kier molecular flexibility index (Phi) is 3.86. The third kappa shape index (κ3) is 3.63. The summed E-state index contributed by atoms with van der Waals surface area (Å²) in [6.07, 6.45) is -2.37. The number of thiazole rings is 1. The molecule has 8 heteroatoms. The van der Waals surface area contributed by atoms with Crippen molar-refractivity contribution in [1.29, 1.82) is 0 Å². The molecule has 0 bridgehead atoms. The lowest BCUT2D eigenvalue weighted by Crippen LogP contribution is -2.32. The molecule has 15 heavy (non-hydrogen) atoms. The first-order valence-electron chi connectivity index (χ1n) is 3.85. The van der Waals surface area contributed by atoms with Crippen LogP contribution in [-0.4, -0.2) is 23.9 Å². The van der Waals surface area contributed by atoms with Crippen LogP contribution in [0.2, 0.25) is 0 Å². The summed E-state index contributed by atoms with van der Waals surface area (Å²) in [4.78, 5) is 4.16. The van der Waals surface area contributed by atoms with Crippen molar-refractivity contribution in [2.75, 3.05) is 12.3 Å². The Morgan fingerprint density at radius 2 is 2.20 bits per heavy atom. The molecular formula is C7H8F4N2OS. The second-order valence-corrected chi connectivity index (χ2v) is 3.87. The molecule has 3 nitrogen and oxygen atoms in total. The molecule has 1 rings (SSSR count). The molecule has 1 aromatic rings. The summed E-state index contributed by atoms with van der Waals surface area (Å²) < 4.78 is 52.5. The van der Waals surface area contributed by atoms with E-state index in [0.29, 0.717) is 4.88 Å². The van der Waals surface area contributed by atoms with Crippen molar-refractivity contribution in [1.82, 2.24) is 4.98 Å². The average molecular weight is 244 g/mol. The standard InChI is InChI=1S/C7H8F4N2OS/c8-5(9)7(10,11)3-14-2-4-1-13-6(12)15-4/h1,5H,2-3H2,(H2,12,13). The van der Waals surface area contributed by atoms with E-state index in [1.54, 1.807) is 0 Å². The van der Waals surface area contributed by atoms with Crippen LogP contribution in [0.15, 0.2) is 6.20 Å². The van der Waals surface area contributed by atoms with Gasteiger partial charge in [0.05, 0.1) is 11.5 Å². The molecule has 0 fully saturated rings. The average Bonchev–Trinajstić information content (AvgIpc) is 2.51. The van der Waals surface area contributed by atoms with Crippen molar-refractivity contribution in [3.05, 3.63) is 11.1 Å². The normalized spacial score (nSPS) is 12.3. The molecule has 0 spiro atoms. The Bertz CT molecular complexity index is 318. The summed E-state index contributed by atoms with van der Waals surface area (Å²) in [6.45, 7) is -1.51. The maximum Gasteiger partial charge on any atom is 0.330 e. The van der Waals surface area contributed by atoms with E-state index in [4.69, 9.17) is 5.73 Å². The molecular weight excluding hydrogens is 236 g/mol. The Morgan fingerprint density at radius 3 is 2.67 bits per heavy atom. The van der Waals surface area contributed by atoms with E-state index in [1.807, 2.05) is 0 Å². The number of nitrogens with zero attached hydrogens (tertiary/aromatic N) is 1. The molecule has 0 saturated heterocycles. The van der Waals surface area contributed by atoms with Crippen molar-refractivity contribution in [3.8, 4) is 0 Å². The van der Waals surface area contributed by atoms with Gasteiger partial charge in [-0.3, -0.25) is 0 Å². The highest BCUT2D eigenvalue weighted by Gasteiger charge is 2.40. The molecule has 0 unspecified atom stereocenters. The summed E-state index contributed by atoms with van der Waals surface area (Å²) in [6, 6.07) is 0. The zero-order valence-corrected chi connectivity index (χ0v) is 8.24. The van der Waals surface area contributed by atoms with Crippen LogP contribution in [-0.2, 0) is 11.3 Å². The van der Waals surface area contributed by atoms with Gasteiger partial charge in [-0.2, -0.15) is 8.78 Å². The molecule has 2 N–H and O–H groups in total. The SMILES string of the molecule is Nc1ncc(COCC(F)(F)C(F)F)s1. The number of nitrogen functional groups attached to an aromatic ring is 1. The first-order valence-corrected chi connectivity index (χ1v) is 4.67. The number of rotatable bonds is 5. The number of anilines is 1. The van der Waals surface area contributed by atoms with E-state index in [1.165, 1.54) is 6.20 Å². The van der Waals surface area contributed by atoms with Crippen LogP contribution < -0.4 is 5.73 Å². The Morgan fingerprint density at radius 1 is 1.53 bits per heavy atom. The second-order valence-electron chi connectivity index (χ2n) is 2.72. The highest BCUT2D eigenvalue weighted by atomic mass is 32.1. The number of ether oxygens (including phenoxy) is 1. The molecule has 86 valence electrons. The Balaban J connectivity index is 2.33. The zero-order valence-electron chi connectivity index (χ0n) is 7.42. The third-order valence-corrected chi connectivity index (χ3v) is 2.23. The second kappa shape index (κ2) is 4.75. The van der Waals surface area contributed by atoms with Gasteiger partial charge in [-0.25, -0.2) is 13.8 Å². The maximum atomic E-state index is 12.3. The number of halogens is 4. The van der Waals surface area contributed by atoms with Crippen LogP contribution in [0.1, 0.15) is 4.88 Å². The largest absolute Gasteiger partial charge is 0.375 e. The smallest absolute Gasteiger partial charge is 0.330 e. The summed E-state index contributed by atoms with van der Waals surface area (Å²) in [7, 11) is 0. The van der Waals surface area contributed by atoms with E-state index in [0.717, 1.165) is 11.3 Å². The van der Waals surface area contributed by atoms with Crippen molar-refractivity contribution in [3.63, 3.8) is 0 Å². The fourth-order valence-electron chi connectivity index (χ4n) is 0.740. The molecule has 1 heterocycles. The molecule has 0 aromatic carbocycles. The predicted octanol–water partition coefficient (Wildman–Crippen LogP) is 2.14. The van der Waals surface area contributed by atoms with Crippen LogP contribution in [0.5, 0.6) is 0 Å². The molecule has 0 aliphatic heterocycles. The van der Waals surface area contributed by atoms with Crippen LogP contribution in [0.4, 0.5) is 22.7 Å². The van der Waals surface area contributed by atoms with Gasteiger partial charge >= 0.3 is 12.3 Å². The lowest BCUT2D eigenvalue weighted by Gasteiger charge is -2.14. The van der Waals surface area contributed by atoms with Gasteiger partial charge in [0.25, 0.3) is 0 Å². The van der Waals surface area contributed by atoms with E-state index in [2.05, 4.69) is 9.72 Å². The number of alkyl halides is 4. The highest BCUT2D eigenvalue weighted by Crippen LogP contribution is 2.24. The number of hydrogen-bond acceptors (Lipinski definition) is 4. The zero-order chi connectivity index (χ0) is 11.5. The predicted molar refractivity (Wildman–Crippen MR) is 47.1 cm³/mol. The van der Waals surface area contributed by atoms with Gasteiger partial charge < -0.3 is 10.5 Å². The summed E-state index contributed by atoms with van der Waals surface area (Å²) in [5, 5.41) is 0.272. The van der Waals surface area contributed by atoms with Gasteiger partial charge in [-0.1, -0.05) is 11.3 Å². The van der Waals surface area contributed by atoms with E-state index >= 15 is 0 Å². The van der Waals surface area contributed by atoms with Crippen molar-refractivity contribution < 1.29 is 22.3 Å². The van der Waals surface area contributed by atoms with Crippen molar-refractivity contribution in [2.24, 2.45) is 0 Å². The van der Waals surface area contributed by atoms with E-state index in [9.17, 15) is 17.6 Å². The minimum Gasteiger partial charge on any atom is -0.375 e. The lowest BCUT2D eigenvalue weighted by molar-refractivity contribution is -0.168. The topological polar surface area (TPSA) is 48.1 Å². The minimum absolute atomic E-state index is 0.197. The van der Waals surface area contributed by atoms with Gasteiger partial charge in [-0.15, -0.1) is 0 Å². The molecule has 0 aliphatic rings. The molecule has 0 aliphatic carbocycles. The van der Waals surface area contributed by atoms with Crippen molar-refractivity contribution in [2.45, 2.75) is 19.0 Å². The summed E-state index contributed by atoms with van der Waals surface area (Å²) in [5.41, 5.74) is 5.27. The Hall–Kier alpha value is -0.890. The minimum atomic E-state index is -4.11. The molecule has 1 aromatic heterocycles. The van der Waals surface area contributed by atoms with Gasteiger partial charge in [0.1, 0.15) is 6.61 Å². The monoisotopic (exact) mass is 244 g/mol. The van der Waals surface area contributed by atoms with Crippen molar-refractivity contribution >= 4 is 16.5 Å². The fourth-order valence-corrected chi connectivity index (χ4v) is 1.36. The summed E-state index contributed by atoms with van der Waals surface area (Å²) in [5.74, 6) is -4.11.